The molecule has 0 aromatic heterocycles. The Balaban J connectivity index is 2.12. The quantitative estimate of drug-likeness (QED) is 0.621. The number of hydrogen-bond donors (Lipinski definition) is 1. The van der Waals surface area contributed by atoms with Crippen molar-refractivity contribution in [2.75, 3.05) is 11.4 Å². The van der Waals surface area contributed by atoms with Gasteiger partial charge in [-0.1, -0.05) is 35.7 Å². The maximum atomic E-state index is 3.65. The predicted molar refractivity (Wildman–Crippen MR) is 96.0 cm³/mol. The van der Waals surface area contributed by atoms with E-state index >= 15 is 0 Å². The number of halogens is 1. The first kappa shape index (κ1) is 16.8. The molecule has 118 valence electrons. The monoisotopic (exact) mass is 352 g/mol. The van der Waals surface area contributed by atoms with E-state index in [0.717, 1.165) is 19.1 Å². The molecular formula is C18H29BrN2. The fourth-order valence-electron chi connectivity index (χ4n) is 2.71. The van der Waals surface area contributed by atoms with E-state index in [2.05, 4.69) is 65.1 Å². The lowest BCUT2D eigenvalue weighted by atomic mass is 10.1. The van der Waals surface area contributed by atoms with Gasteiger partial charge in [-0.15, -0.1) is 0 Å². The van der Waals surface area contributed by atoms with E-state index in [1.807, 2.05) is 0 Å². The number of anilines is 1. The molecule has 0 heterocycles. The SMILES string of the molecule is CCCCCN(c1ccc(Br)cc1CNC1CC1)C(C)C. The molecule has 1 aliphatic carbocycles. The summed E-state index contributed by atoms with van der Waals surface area (Å²) in [6, 6.07) is 8.03. The Bertz CT molecular complexity index is 441. The highest BCUT2D eigenvalue weighted by atomic mass is 79.9. The Labute approximate surface area is 138 Å². The fraction of sp³-hybridized carbons (Fsp3) is 0.667. The van der Waals surface area contributed by atoms with Gasteiger partial charge in [-0.25, -0.2) is 0 Å². The molecule has 0 amide bonds. The van der Waals surface area contributed by atoms with Crippen LogP contribution in [0.3, 0.4) is 0 Å². The highest BCUT2D eigenvalue weighted by molar-refractivity contribution is 9.10. The van der Waals surface area contributed by atoms with Gasteiger partial charge < -0.3 is 10.2 Å². The molecule has 3 heteroatoms. The third-order valence-electron chi connectivity index (χ3n) is 4.14. The van der Waals surface area contributed by atoms with Crippen LogP contribution in [0, 0.1) is 0 Å². The predicted octanol–water partition coefficient (Wildman–Crippen LogP) is 5.11. The molecule has 0 atom stereocenters. The first-order valence-corrected chi connectivity index (χ1v) is 9.19. The molecule has 21 heavy (non-hydrogen) atoms. The van der Waals surface area contributed by atoms with Crippen molar-refractivity contribution in [1.82, 2.24) is 5.32 Å². The van der Waals surface area contributed by atoms with Gasteiger partial charge in [-0.05, 0) is 56.9 Å². The lowest BCUT2D eigenvalue weighted by Crippen LogP contribution is -2.33. The van der Waals surface area contributed by atoms with Crippen LogP contribution in [0.1, 0.15) is 58.4 Å². The summed E-state index contributed by atoms with van der Waals surface area (Å²) in [5.74, 6) is 0. The van der Waals surface area contributed by atoms with Crippen LogP contribution in [0.25, 0.3) is 0 Å². The number of rotatable bonds is 9. The lowest BCUT2D eigenvalue weighted by Gasteiger charge is -2.31. The van der Waals surface area contributed by atoms with Gasteiger partial charge in [0.25, 0.3) is 0 Å². The standard InChI is InChI=1S/C18H29BrN2/c1-4-5-6-11-21(14(2)3)18-10-7-16(19)12-15(18)13-20-17-8-9-17/h7,10,12,14,17,20H,4-6,8-9,11,13H2,1-3H3. The number of nitrogens with zero attached hydrogens (tertiary/aromatic N) is 1. The summed E-state index contributed by atoms with van der Waals surface area (Å²) in [5, 5.41) is 3.65. The second-order valence-electron chi connectivity index (χ2n) is 6.42. The first-order chi connectivity index (χ1) is 10.1. The number of unbranched alkanes of at least 4 members (excludes halogenated alkanes) is 2. The smallest absolute Gasteiger partial charge is 0.0414 e. The van der Waals surface area contributed by atoms with Crippen molar-refractivity contribution in [2.45, 2.75) is 71.5 Å². The van der Waals surface area contributed by atoms with Crippen LogP contribution in [-0.2, 0) is 6.54 Å². The molecule has 0 spiro atoms. The van der Waals surface area contributed by atoms with Gasteiger partial charge in [0, 0.05) is 35.3 Å². The van der Waals surface area contributed by atoms with Crippen LogP contribution in [0.4, 0.5) is 5.69 Å². The van der Waals surface area contributed by atoms with E-state index in [1.54, 1.807) is 0 Å². The van der Waals surface area contributed by atoms with Crippen LogP contribution in [-0.4, -0.2) is 18.6 Å². The van der Waals surface area contributed by atoms with Gasteiger partial charge in [0.1, 0.15) is 0 Å². The number of hydrogen-bond acceptors (Lipinski definition) is 2. The minimum absolute atomic E-state index is 0.544. The Morgan fingerprint density at radius 3 is 2.67 bits per heavy atom. The van der Waals surface area contributed by atoms with Gasteiger partial charge >= 0.3 is 0 Å². The van der Waals surface area contributed by atoms with Crippen LogP contribution < -0.4 is 10.2 Å². The third-order valence-corrected chi connectivity index (χ3v) is 4.63. The van der Waals surface area contributed by atoms with E-state index in [4.69, 9.17) is 0 Å². The summed E-state index contributed by atoms with van der Waals surface area (Å²) >= 11 is 3.62. The van der Waals surface area contributed by atoms with Gasteiger partial charge in [-0.3, -0.25) is 0 Å². The van der Waals surface area contributed by atoms with Crippen molar-refractivity contribution in [3.63, 3.8) is 0 Å². The second-order valence-corrected chi connectivity index (χ2v) is 7.34. The molecule has 2 nitrogen and oxygen atoms in total. The minimum atomic E-state index is 0.544. The van der Waals surface area contributed by atoms with Crippen LogP contribution in [0.5, 0.6) is 0 Å². The molecule has 0 saturated heterocycles. The normalized spacial score (nSPS) is 14.7. The summed E-state index contributed by atoms with van der Waals surface area (Å²) in [6.45, 7) is 9.00. The maximum absolute atomic E-state index is 3.65. The van der Waals surface area contributed by atoms with E-state index < -0.39 is 0 Å². The van der Waals surface area contributed by atoms with Crippen LogP contribution in [0.2, 0.25) is 0 Å². The summed E-state index contributed by atoms with van der Waals surface area (Å²) in [7, 11) is 0. The average molecular weight is 353 g/mol. The first-order valence-electron chi connectivity index (χ1n) is 8.40. The summed E-state index contributed by atoms with van der Waals surface area (Å²) in [4.78, 5) is 2.56. The molecule has 0 aliphatic heterocycles. The fourth-order valence-corrected chi connectivity index (χ4v) is 3.12. The van der Waals surface area contributed by atoms with Crippen LogP contribution >= 0.6 is 15.9 Å². The van der Waals surface area contributed by atoms with E-state index in [0.29, 0.717) is 6.04 Å². The van der Waals surface area contributed by atoms with Gasteiger partial charge in [0.2, 0.25) is 0 Å². The molecule has 1 fully saturated rings. The Morgan fingerprint density at radius 1 is 1.29 bits per heavy atom. The molecule has 0 radical (unpaired) electrons. The van der Waals surface area contributed by atoms with Crippen molar-refractivity contribution in [2.24, 2.45) is 0 Å². The van der Waals surface area contributed by atoms with E-state index in [9.17, 15) is 0 Å². The lowest BCUT2D eigenvalue weighted by molar-refractivity contribution is 0.618. The zero-order valence-electron chi connectivity index (χ0n) is 13.7. The van der Waals surface area contributed by atoms with Gasteiger partial charge in [-0.2, -0.15) is 0 Å². The molecule has 0 bridgehead atoms. The maximum Gasteiger partial charge on any atom is 0.0414 e. The van der Waals surface area contributed by atoms with Crippen molar-refractivity contribution in [3.05, 3.63) is 28.2 Å². The van der Waals surface area contributed by atoms with Gasteiger partial charge in [0.15, 0.2) is 0 Å². The third kappa shape index (κ3) is 5.30. The molecular weight excluding hydrogens is 324 g/mol. The summed E-state index contributed by atoms with van der Waals surface area (Å²) in [6.07, 6.45) is 6.56. The molecule has 0 unspecified atom stereocenters. The topological polar surface area (TPSA) is 15.3 Å². The zero-order chi connectivity index (χ0) is 15.2. The molecule has 1 saturated carbocycles. The van der Waals surface area contributed by atoms with Crippen molar-refractivity contribution >= 4 is 21.6 Å². The zero-order valence-corrected chi connectivity index (χ0v) is 15.2. The van der Waals surface area contributed by atoms with Gasteiger partial charge in [0.05, 0.1) is 0 Å². The molecule has 2 rings (SSSR count). The highest BCUT2D eigenvalue weighted by Crippen LogP contribution is 2.28. The average Bonchev–Trinajstić information content (AvgIpc) is 3.26. The summed E-state index contributed by atoms with van der Waals surface area (Å²) < 4.78 is 1.18. The minimum Gasteiger partial charge on any atom is -0.369 e. The van der Waals surface area contributed by atoms with Crippen LogP contribution in [0.15, 0.2) is 22.7 Å². The molecule has 1 aromatic rings. The number of nitrogens with one attached hydrogen (secondary N) is 1. The molecule has 1 aromatic carbocycles. The van der Waals surface area contributed by atoms with Crippen molar-refractivity contribution in [1.29, 1.82) is 0 Å². The Kier molecular flexibility index (Phi) is 6.56. The highest BCUT2D eigenvalue weighted by Gasteiger charge is 2.21. The van der Waals surface area contributed by atoms with E-state index in [-0.39, 0.29) is 0 Å². The Hall–Kier alpha value is -0.540. The second kappa shape index (κ2) is 8.19. The van der Waals surface area contributed by atoms with Crippen molar-refractivity contribution in [3.8, 4) is 0 Å². The van der Waals surface area contributed by atoms with Crippen molar-refractivity contribution < 1.29 is 0 Å². The van der Waals surface area contributed by atoms with E-state index in [1.165, 1.54) is 47.8 Å². The molecule has 1 N–H and O–H groups in total. The Morgan fingerprint density at radius 2 is 2.05 bits per heavy atom. The largest absolute Gasteiger partial charge is 0.369 e. The summed E-state index contributed by atoms with van der Waals surface area (Å²) in [5.41, 5.74) is 2.82. The molecule has 1 aliphatic rings. The number of benzene rings is 1.